The highest BCUT2D eigenvalue weighted by molar-refractivity contribution is 5.84. The Kier molecular flexibility index (Phi) is 3.58. The number of aliphatic carboxylic acids is 1. The number of likely N-dealkylation sites (tertiary alicyclic amines) is 1. The second-order valence-corrected chi connectivity index (χ2v) is 7.12. The molecular formula is C16H22N4O3. The molecule has 124 valence electrons. The van der Waals surface area contributed by atoms with E-state index in [2.05, 4.69) is 10.3 Å². The number of fused-ring (bicyclic) bond motifs is 1. The van der Waals surface area contributed by atoms with Gasteiger partial charge in [-0.05, 0) is 38.0 Å². The lowest BCUT2D eigenvalue weighted by Crippen LogP contribution is -2.47. The van der Waals surface area contributed by atoms with E-state index in [4.69, 9.17) is 0 Å². The molecule has 3 aliphatic rings. The first-order valence-corrected chi connectivity index (χ1v) is 8.57. The molecule has 0 bridgehead atoms. The van der Waals surface area contributed by atoms with Crippen molar-refractivity contribution in [2.75, 3.05) is 0 Å². The molecule has 4 rings (SSSR count). The smallest absolute Gasteiger partial charge is 0.326 e. The Labute approximate surface area is 134 Å². The van der Waals surface area contributed by atoms with Crippen molar-refractivity contribution in [3.05, 3.63) is 11.9 Å². The Morgan fingerprint density at radius 2 is 2.00 bits per heavy atom. The van der Waals surface area contributed by atoms with Crippen LogP contribution in [0.2, 0.25) is 0 Å². The molecule has 7 nitrogen and oxygen atoms in total. The Balaban J connectivity index is 1.50. The van der Waals surface area contributed by atoms with E-state index in [0.29, 0.717) is 18.3 Å². The number of carboxylic acids is 1. The van der Waals surface area contributed by atoms with Gasteiger partial charge in [0, 0.05) is 18.2 Å². The monoisotopic (exact) mass is 318 g/mol. The van der Waals surface area contributed by atoms with E-state index in [9.17, 15) is 14.7 Å². The van der Waals surface area contributed by atoms with Crippen molar-refractivity contribution in [3.63, 3.8) is 0 Å². The molecule has 3 fully saturated rings. The fourth-order valence-corrected chi connectivity index (χ4v) is 4.22. The fraction of sp³-hybridized carbons (Fsp3) is 0.750. The van der Waals surface area contributed by atoms with Crippen molar-refractivity contribution < 1.29 is 14.7 Å². The zero-order valence-electron chi connectivity index (χ0n) is 13.1. The van der Waals surface area contributed by atoms with Crippen molar-refractivity contribution >= 4 is 11.9 Å². The van der Waals surface area contributed by atoms with Crippen LogP contribution in [-0.4, -0.2) is 49.0 Å². The molecule has 2 heterocycles. The normalized spacial score (nSPS) is 30.3. The lowest BCUT2D eigenvalue weighted by atomic mass is 9.85. The summed E-state index contributed by atoms with van der Waals surface area (Å²) in [5, 5.41) is 17.7. The molecule has 3 atom stereocenters. The summed E-state index contributed by atoms with van der Waals surface area (Å²) in [7, 11) is 0. The minimum absolute atomic E-state index is 0.0868. The number of carboxylic acid groups (broad SMARTS) is 1. The van der Waals surface area contributed by atoms with Gasteiger partial charge in [0.05, 0.1) is 5.69 Å². The molecule has 1 aliphatic heterocycles. The standard InChI is InChI=1S/C16H22N4O3/c21-15(9-19-8-12(17-18-19)10-5-6-10)20-13-4-2-1-3-11(13)7-14(20)16(22)23/h8,10-11,13-14H,1-7,9H2,(H,22,23)/t11-,13-,14-/m0/s1. The average molecular weight is 318 g/mol. The highest BCUT2D eigenvalue weighted by Gasteiger charge is 2.47. The molecule has 2 saturated carbocycles. The first-order valence-electron chi connectivity index (χ1n) is 8.57. The molecule has 2 aliphatic carbocycles. The van der Waals surface area contributed by atoms with Crippen LogP contribution < -0.4 is 0 Å². The summed E-state index contributed by atoms with van der Waals surface area (Å²) >= 11 is 0. The van der Waals surface area contributed by atoms with Crippen LogP contribution in [0.5, 0.6) is 0 Å². The van der Waals surface area contributed by atoms with Gasteiger partial charge in [0.15, 0.2) is 0 Å². The molecule has 0 radical (unpaired) electrons. The van der Waals surface area contributed by atoms with Crippen LogP contribution in [0.1, 0.15) is 56.6 Å². The minimum Gasteiger partial charge on any atom is -0.480 e. The molecule has 1 N–H and O–H groups in total. The first kappa shape index (κ1) is 14.7. The quantitative estimate of drug-likeness (QED) is 0.906. The van der Waals surface area contributed by atoms with Gasteiger partial charge < -0.3 is 10.0 Å². The van der Waals surface area contributed by atoms with Crippen molar-refractivity contribution in [3.8, 4) is 0 Å². The molecule has 7 heteroatoms. The van der Waals surface area contributed by atoms with Crippen LogP contribution in [-0.2, 0) is 16.1 Å². The third-order valence-corrected chi connectivity index (χ3v) is 5.51. The predicted octanol–water partition coefficient (Wildman–Crippen LogP) is 1.40. The van der Waals surface area contributed by atoms with Crippen molar-refractivity contribution in [1.82, 2.24) is 19.9 Å². The summed E-state index contributed by atoms with van der Waals surface area (Å²) in [4.78, 5) is 26.0. The summed E-state index contributed by atoms with van der Waals surface area (Å²) in [5.41, 5.74) is 0.949. The van der Waals surface area contributed by atoms with Crippen LogP contribution >= 0.6 is 0 Å². The summed E-state index contributed by atoms with van der Waals surface area (Å²) < 4.78 is 1.56. The second-order valence-electron chi connectivity index (χ2n) is 7.12. The number of aromatic nitrogens is 3. The zero-order chi connectivity index (χ0) is 16.0. The minimum atomic E-state index is -0.884. The van der Waals surface area contributed by atoms with E-state index in [-0.39, 0.29) is 18.5 Å². The number of hydrogen-bond acceptors (Lipinski definition) is 4. The molecule has 0 aromatic carbocycles. The lowest BCUT2D eigenvalue weighted by molar-refractivity contribution is -0.150. The van der Waals surface area contributed by atoms with Gasteiger partial charge >= 0.3 is 5.97 Å². The number of nitrogens with zero attached hydrogens (tertiary/aromatic N) is 4. The van der Waals surface area contributed by atoms with Gasteiger partial charge in [0.2, 0.25) is 5.91 Å². The first-order chi connectivity index (χ1) is 11.1. The largest absolute Gasteiger partial charge is 0.480 e. The number of amides is 1. The fourth-order valence-electron chi connectivity index (χ4n) is 4.22. The van der Waals surface area contributed by atoms with Gasteiger partial charge in [-0.1, -0.05) is 18.1 Å². The highest BCUT2D eigenvalue weighted by Crippen LogP contribution is 2.40. The number of rotatable bonds is 4. The van der Waals surface area contributed by atoms with Crippen LogP contribution in [0.15, 0.2) is 6.20 Å². The Morgan fingerprint density at radius 1 is 1.22 bits per heavy atom. The van der Waals surface area contributed by atoms with Crippen LogP contribution in [0.3, 0.4) is 0 Å². The Hall–Kier alpha value is -1.92. The van der Waals surface area contributed by atoms with E-state index in [1.54, 1.807) is 9.58 Å². The number of carbonyl (C=O) groups excluding carboxylic acids is 1. The maximum atomic E-state index is 12.8. The van der Waals surface area contributed by atoms with Gasteiger partial charge in [-0.25, -0.2) is 9.48 Å². The summed E-state index contributed by atoms with van der Waals surface area (Å²) in [6.07, 6.45) is 8.89. The highest BCUT2D eigenvalue weighted by atomic mass is 16.4. The van der Waals surface area contributed by atoms with Gasteiger partial charge in [0.1, 0.15) is 12.6 Å². The van der Waals surface area contributed by atoms with Crippen LogP contribution in [0.4, 0.5) is 0 Å². The van der Waals surface area contributed by atoms with Gasteiger partial charge in [-0.3, -0.25) is 4.79 Å². The molecule has 23 heavy (non-hydrogen) atoms. The van der Waals surface area contributed by atoms with Crippen LogP contribution in [0.25, 0.3) is 0 Å². The van der Waals surface area contributed by atoms with Crippen molar-refractivity contribution in [2.24, 2.45) is 5.92 Å². The van der Waals surface area contributed by atoms with E-state index in [1.165, 1.54) is 0 Å². The average Bonchev–Trinajstić information content (AvgIpc) is 3.15. The summed E-state index contributed by atoms with van der Waals surface area (Å²) in [6.45, 7) is 0.0900. The number of carbonyl (C=O) groups is 2. The predicted molar refractivity (Wildman–Crippen MR) is 80.6 cm³/mol. The molecule has 1 aromatic rings. The third kappa shape index (κ3) is 2.72. The maximum absolute atomic E-state index is 12.8. The maximum Gasteiger partial charge on any atom is 0.326 e. The van der Waals surface area contributed by atoms with Gasteiger partial charge in [-0.2, -0.15) is 0 Å². The molecular weight excluding hydrogens is 296 g/mol. The third-order valence-electron chi connectivity index (χ3n) is 5.51. The Bertz CT molecular complexity index is 625. The van der Waals surface area contributed by atoms with E-state index in [1.807, 2.05) is 6.20 Å². The van der Waals surface area contributed by atoms with E-state index < -0.39 is 12.0 Å². The van der Waals surface area contributed by atoms with E-state index in [0.717, 1.165) is 44.2 Å². The number of hydrogen-bond donors (Lipinski definition) is 1. The Morgan fingerprint density at radius 3 is 2.74 bits per heavy atom. The lowest BCUT2D eigenvalue weighted by Gasteiger charge is -2.32. The summed E-state index contributed by atoms with van der Waals surface area (Å²) in [6, 6.07) is -0.592. The second kappa shape index (κ2) is 5.62. The SMILES string of the molecule is O=C(O)[C@@H]1C[C@@H]2CCCC[C@@H]2N1C(=O)Cn1cc(C2CC2)nn1. The zero-order valence-corrected chi connectivity index (χ0v) is 13.1. The van der Waals surface area contributed by atoms with Crippen LogP contribution in [0, 0.1) is 5.92 Å². The molecule has 0 spiro atoms. The van der Waals surface area contributed by atoms with Crippen molar-refractivity contribution in [1.29, 1.82) is 0 Å². The summed E-state index contributed by atoms with van der Waals surface area (Å²) in [5.74, 6) is -0.184. The molecule has 1 saturated heterocycles. The van der Waals surface area contributed by atoms with Crippen molar-refractivity contribution in [2.45, 2.75) is 69.5 Å². The van der Waals surface area contributed by atoms with E-state index >= 15 is 0 Å². The molecule has 0 unspecified atom stereocenters. The topological polar surface area (TPSA) is 88.3 Å². The van der Waals surface area contributed by atoms with Gasteiger partial charge in [0.25, 0.3) is 0 Å². The van der Waals surface area contributed by atoms with Gasteiger partial charge in [-0.15, -0.1) is 5.10 Å². The molecule has 1 aromatic heterocycles. The molecule has 1 amide bonds.